The van der Waals surface area contributed by atoms with Crippen molar-refractivity contribution in [2.45, 2.75) is 52.1 Å². The number of amides is 2. The number of benzene rings is 2. The van der Waals surface area contributed by atoms with Crippen LogP contribution in [0.15, 0.2) is 54.6 Å². The molecule has 0 fully saturated rings. The van der Waals surface area contributed by atoms with Crippen LogP contribution in [0, 0.1) is 0 Å². The van der Waals surface area contributed by atoms with E-state index < -0.39 is 6.04 Å². The zero-order chi connectivity index (χ0) is 20.4. The highest BCUT2D eigenvalue weighted by Crippen LogP contribution is 2.16. The van der Waals surface area contributed by atoms with Crippen LogP contribution in [0.4, 0.5) is 0 Å². The van der Waals surface area contributed by atoms with Gasteiger partial charge in [0.05, 0.1) is 6.42 Å². The van der Waals surface area contributed by atoms with E-state index in [4.69, 9.17) is 11.6 Å². The molecule has 0 unspecified atom stereocenters. The number of halogens is 1. The summed E-state index contributed by atoms with van der Waals surface area (Å²) in [5, 5.41) is 3.62. The summed E-state index contributed by atoms with van der Waals surface area (Å²) in [5.74, 6) is -0.148. The number of nitrogens with one attached hydrogen (secondary N) is 1. The van der Waals surface area contributed by atoms with Crippen LogP contribution >= 0.6 is 11.6 Å². The van der Waals surface area contributed by atoms with Gasteiger partial charge < -0.3 is 10.2 Å². The molecule has 0 saturated heterocycles. The summed E-state index contributed by atoms with van der Waals surface area (Å²) in [7, 11) is 0. The number of carbonyl (C=O) groups is 2. The fraction of sp³-hybridized carbons (Fsp3) is 0.391. The molecule has 4 nitrogen and oxygen atoms in total. The van der Waals surface area contributed by atoms with Crippen LogP contribution < -0.4 is 5.32 Å². The minimum Gasteiger partial charge on any atom is -0.354 e. The smallest absolute Gasteiger partial charge is 0.242 e. The van der Waals surface area contributed by atoms with Crippen molar-refractivity contribution in [3.63, 3.8) is 0 Å². The number of hydrogen-bond acceptors (Lipinski definition) is 2. The second kappa shape index (κ2) is 11.5. The summed E-state index contributed by atoms with van der Waals surface area (Å²) < 4.78 is 0. The van der Waals surface area contributed by atoms with E-state index in [0.717, 1.165) is 24.0 Å². The van der Waals surface area contributed by atoms with Gasteiger partial charge >= 0.3 is 0 Å². The standard InChI is InChI=1S/C23H29ClN2O2/c1-3-5-15-25-23(28)21(4-2)26(17-19-11-13-20(24)14-12-19)22(27)16-18-9-7-6-8-10-18/h6-14,21H,3-5,15-17H2,1-2H3,(H,25,28)/t21-/m0/s1. The largest absolute Gasteiger partial charge is 0.354 e. The van der Waals surface area contributed by atoms with Gasteiger partial charge in [-0.2, -0.15) is 0 Å². The van der Waals surface area contributed by atoms with Crippen LogP contribution in [-0.4, -0.2) is 29.3 Å². The summed E-state index contributed by atoms with van der Waals surface area (Å²) >= 11 is 5.98. The Morgan fingerprint density at radius 3 is 2.29 bits per heavy atom. The second-order valence-corrected chi connectivity index (χ2v) is 7.32. The fourth-order valence-electron chi connectivity index (χ4n) is 3.08. The summed E-state index contributed by atoms with van der Waals surface area (Å²) in [6.07, 6.45) is 2.77. The van der Waals surface area contributed by atoms with E-state index in [1.165, 1.54) is 0 Å². The molecule has 1 N–H and O–H groups in total. The quantitative estimate of drug-likeness (QED) is 0.592. The van der Waals surface area contributed by atoms with Crippen molar-refractivity contribution in [3.05, 3.63) is 70.7 Å². The molecule has 0 aromatic heterocycles. The molecular weight excluding hydrogens is 372 g/mol. The van der Waals surface area contributed by atoms with Gasteiger partial charge in [0.15, 0.2) is 0 Å². The minimum atomic E-state index is -0.497. The second-order valence-electron chi connectivity index (χ2n) is 6.88. The summed E-state index contributed by atoms with van der Waals surface area (Å²) in [6, 6.07) is 16.5. The molecule has 150 valence electrons. The van der Waals surface area contributed by atoms with E-state index >= 15 is 0 Å². The molecule has 1 atom stereocenters. The topological polar surface area (TPSA) is 49.4 Å². The lowest BCUT2D eigenvalue weighted by Crippen LogP contribution is -2.49. The lowest BCUT2D eigenvalue weighted by molar-refractivity contribution is -0.140. The third-order valence-electron chi connectivity index (χ3n) is 4.68. The summed E-state index contributed by atoms with van der Waals surface area (Å²) in [4.78, 5) is 27.6. The van der Waals surface area contributed by atoms with Gasteiger partial charge in [0.25, 0.3) is 0 Å². The number of rotatable bonds is 10. The van der Waals surface area contributed by atoms with Gasteiger partial charge in [-0.3, -0.25) is 9.59 Å². The molecule has 0 radical (unpaired) electrons. The lowest BCUT2D eigenvalue weighted by Gasteiger charge is -2.31. The molecule has 0 aliphatic rings. The van der Waals surface area contributed by atoms with Crippen molar-refractivity contribution in [2.75, 3.05) is 6.54 Å². The maximum Gasteiger partial charge on any atom is 0.242 e. The van der Waals surface area contributed by atoms with Gasteiger partial charge in [0, 0.05) is 18.1 Å². The number of carbonyl (C=O) groups excluding carboxylic acids is 2. The average Bonchev–Trinajstić information content (AvgIpc) is 2.70. The maximum absolute atomic E-state index is 13.1. The molecule has 0 saturated carbocycles. The zero-order valence-corrected chi connectivity index (χ0v) is 17.4. The van der Waals surface area contributed by atoms with Crippen LogP contribution in [-0.2, 0) is 22.6 Å². The number of hydrogen-bond donors (Lipinski definition) is 1. The Bertz CT molecular complexity index is 747. The van der Waals surface area contributed by atoms with Crippen molar-refractivity contribution in [1.29, 1.82) is 0 Å². The Morgan fingerprint density at radius 2 is 1.68 bits per heavy atom. The molecule has 2 rings (SSSR count). The Labute approximate surface area is 172 Å². The Hall–Kier alpha value is -2.33. The van der Waals surface area contributed by atoms with Crippen molar-refractivity contribution in [1.82, 2.24) is 10.2 Å². The lowest BCUT2D eigenvalue weighted by atomic mass is 10.1. The molecule has 0 aliphatic heterocycles. The Balaban J connectivity index is 2.21. The van der Waals surface area contributed by atoms with E-state index in [0.29, 0.717) is 24.5 Å². The molecule has 2 aromatic carbocycles. The molecule has 5 heteroatoms. The van der Waals surface area contributed by atoms with Crippen molar-refractivity contribution in [2.24, 2.45) is 0 Å². The molecule has 0 bridgehead atoms. The van der Waals surface area contributed by atoms with E-state index in [1.807, 2.05) is 49.4 Å². The first-order chi connectivity index (χ1) is 13.5. The maximum atomic E-state index is 13.1. The van der Waals surface area contributed by atoms with Crippen LogP contribution in [0.3, 0.4) is 0 Å². The van der Waals surface area contributed by atoms with Crippen molar-refractivity contribution < 1.29 is 9.59 Å². The third kappa shape index (κ3) is 6.68. The van der Waals surface area contributed by atoms with Crippen molar-refractivity contribution >= 4 is 23.4 Å². The van der Waals surface area contributed by atoms with Crippen LogP contribution in [0.1, 0.15) is 44.2 Å². The molecule has 2 aromatic rings. The van der Waals surface area contributed by atoms with Gasteiger partial charge in [0.2, 0.25) is 11.8 Å². The Kier molecular flexibility index (Phi) is 9.02. The summed E-state index contributed by atoms with van der Waals surface area (Å²) in [6.45, 7) is 5.03. The molecule has 28 heavy (non-hydrogen) atoms. The molecule has 0 spiro atoms. The number of nitrogens with zero attached hydrogens (tertiary/aromatic N) is 1. The first-order valence-corrected chi connectivity index (χ1v) is 10.3. The van der Waals surface area contributed by atoms with E-state index in [1.54, 1.807) is 17.0 Å². The molecule has 0 aliphatic carbocycles. The average molecular weight is 401 g/mol. The van der Waals surface area contributed by atoms with Crippen LogP contribution in [0.5, 0.6) is 0 Å². The highest BCUT2D eigenvalue weighted by atomic mass is 35.5. The van der Waals surface area contributed by atoms with Crippen molar-refractivity contribution in [3.8, 4) is 0 Å². The first kappa shape index (κ1) is 22.0. The number of unbranched alkanes of at least 4 members (excludes halogenated alkanes) is 1. The third-order valence-corrected chi connectivity index (χ3v) is 4.93. The highest BCUT2D eigenvalue weighted by Gasteiger charge is 2.28. The first-order valence-electron chi connectivity index (χ1n) is 9.90. The van der Waals surface area contributed by atoms with E-state index in [9.17, 15) is 9.59 Å². The predicted molar refractivity (Wildman–Crippen MR) is 114 cm³/mol. The SMILES string of the molecule is CCCCNC(=O)[C@H](CC)N(Cc1ccc(Cl)cc1)C(=O)Cc1ccccc1. The molecule has 0 heterocycles. The van der Waals surface area contributed by atoms with Gasteiger partial charge in [-0.25, -0.2) is 0 Å². The Morgan fingerprint density at radius 1 is 1.00 bits per heavy atom. The highest BCUT2D eigenvalue weighted by molar-refractivity contribution is 6.30. The zero-order valence-electron chi connectivity index (χ0n) is 16.7. The normalized spacial score (nSPS) is 11.7. The van der Waals surface area contributed by atoms with Gasteiger partial charge in [-0.1, -0.05) is 74.3 Å². The van der Waals surface area contributed by atoms with Crippen LogP contribution in [0.25, 0.3) is 0 Å². The summed E-state index contributed by atoms with van der Waals surface area (Å²) in [5.41, 5.74) is 1.89. The molecule has 2 amide bonds. The minimum absolute atomic E-state index is 0.0568. The van der Waals surface area contributed by atoms with Gasteiger partial charge in [-0.05, 0) is 36.1 Å². The predicted octanol–water partition coefficient (Wildman–Crippen LogP) is 4.61. The monoisotopic (exact) mass is 400 g/mol. The van der Waals surface area contributed by atoms with Gasteiger partial charge in [-0.15, -0.1) is 0 Å². The van der Waals surface area contributed by atoms with E-state index in [-0.39, 0.29) is 18.2 Å². The molecular formula is C23H29ClN2O2. The fourth-order valence-corrected chi connectivity index (χ4v) is 3.21. The van der Waals surface area contributed by atoms with Crippen LogP contribution in [0.2, 0.25) is 5.02 Å². The van der Waals surface area contributed by atoms with Gasteiger partial charge in [0.1, 0.15) is 6.04 Å². The van der Waals surface area contributed by atoms with E-state index in [2.05, 4.69) is 12.2 Å².